The van der Waals surface area contributed by atoms with Gasteiger partial charge in [-0.2, -0.15) is 5.10 Å². The molecule has 2 rings (SSSR count). The van der Waals surface area contributed by atoms with Crippen molar-refractivity contribution in [2.75, 3.05) is 11.9 Å². The van der Waals surface area contributed by atoms with Crippen LogP contribution in [0.3, 0.4) is 0 Å². The average molecular weight is 238 g/mol. The first-order valence-electron chi connectivity index (χ1n) is 5.06. The lowest BCUT2D eigenvalue weighted by atomic mass is 10.5. The Labute approximate surface area is 97.8 Å². The molecule has 0 atom stereocenters. The second-order valence-corrected chi connectivity index (χ2v) is 4.39. The van der Waals surface area contributed by atoms with E-state index in [2.05, 4.69) is 15.4 Å². The van der Waals surface area contributed by atoms with Crippen molar-refractivity contribution in [3.63, 3.8) is 0 Å². The Bertz CT molecular complexity index is 451. The molecule has 86 valence electrons. The lowest BCUT2D eigenvalue weighted by Crippen LogP contribution is -2.02. The Morgan fingerprint density at radius 3 is 3.12 bits per heavy atom. The van der Waals surface area contributed by atoms with Gasteiger partial charge in [-0.15, -0.1) is 11.3 Å². The van der Waals surface area contributed by atoms with Crippen molar-refractivity contribution in [1.29, 1.82) is 0 Å². The van der Waals surface area contributed by atoms with Crippen molar-refractivity contribution in [3.8, 4) is 0 Å². The monoisotopic (exact) mass is 238 g/mol. The van der Waals surface area contributed by atoms with Gasteiger partial charge in [0.2, 0.25) is 0 Å². The van der Waals surface area contributed by atoms with Gasteiger partial charge in [0.25, 0.3) is 0 Å². The Morgan fingerprint density at radius 1 is 1.56 bits per heavy atom. The third-order valence-electron chi connectivity index (χ3n) is 2.07. The second-order valence-electron chi connectivity index (χ2n) is 3.45. The molecule has 0 bridgehead atoms. The van der Waals surface area contributed by atoms with E-state index in [-0.39, 0.29) is 6.61 Å². The second kappa shape index (κ2) is 5.09. The van der Waals surface area contributed by atoms with E-state index < -0.39 is 0 Å². The Kier molecular flexibility index (Phi) is 3.53. The van der Waals surface area contributed by atoms with Crippen LogP contribution in [0.1, 0.15) is 10.7 Å². The van der Waals surface area contributed by atoms with Crippen LogP contribution in [-0.2, 0) is 13.1 Å². The molecule has 0 aliphatic carbocycles. The molecule has 0 amide bonds. The third kappa shape index (κ3) is 2.80. The normalized spacial score (nSPS) is 10.6. The van der Waals surface area contributed by atoms with Gasteiger partial charge < -0.3 is 10.4 Å². The zero-order valence-electron chi connectivity index (χ0n) is 9.05. The summed E-state index contributed by atoms with van der Waals surface area (Å²) in [4.78, 5) is 4.36. The molecular formula is C10H14N4OS. The van der Waals surface area contributed by atoms with E-state index in [0.717, 1.165) is 16.4 Å². The molecule has 0 radical (unpaired) electrons. The molecule has 5 nitrogen and oxygen atoms in total. The molecule has 0 spiro atoms. The maximum absolute atomic E-state index is 8.75. The summed E-state index contributed by atoms with van der Waals surface area (Å²) in [6.45, 7) is 3.33. The van der Waals surface area contributed by atoms with Gasteiger partial charge in [0.15, 0.2) is 0 Å². The van der Waals surface area contributed by atoms with Crippen LogP contribution in [0.4, 0.5) is 5.69 Å². The summed E-state index contributed by atoms with van der Waals surface area (Å²) in [5.74, 6) is 0. The summed E-state index contributed by atoms with van der Waals surface area (Å²) in [6.07, 6.45) is 3.62. The van der Waals surface area contributed by atoms with Gasteiger partial charge >= 0.3 is 0 Å². The lowest BCUT2D eigenvalue weighted by molar-refractivity contribution is 0.269. The minimum atomic E-state index is 0.104. The number of hydrogen-bond donors (Lipinski definition) is 2. The molecule has 16 heavy (non-hydrogen) atoms. The van der Waals surface area contributed by atoms with Crippen LogP contribution < -0.4 is 5.32 Å². The summed E-state index contributed by atoms with van der Waals surface area (Å²) in [6, 6.07) is 0. The van der Waals surface area contributed by atoms with Crippen molar-refractivity contribution in [3.05, 3.63) is 28.5 Å². The summed E-state index contributed by atoms with van der Waals surface area (Å²) < 4.78 is 1.70. The molecule has 2 heterocycles. The van der Waals surface area contributed by atoms with Gasteiger partial charge in [0, 0.05) is 17.3 Å². The zero-order chi connectivity index (χ0) is 11.4. The highest BCUT2D eigenvalue weighted by atomic mass is 32.1. The number of aromatic nitrogens is 3. The molecule has 2 aromatic heterocycles. The summed E-state index contributed by atoms with van der Waals surface area (Å²) in [7, 11) is 0. The van der Waals surface area contributed by atoms with Crippen molar-refractivity contribution in [1.82, 2.24) is 14.8 Å². The van der Waals surface area contributed by atoms with E-state index in [4.69, 9.17) is 5.11 Å². The fourth-order valence-electron chi connectivity index (χ4n) is 1.34. The summed E-state index contributed by atoms with van der Waals surface area (Å²) in [5, 5.41) is 19.2. The van der Waals surface area contributed by atoms with Crippen LogP contribution >= 0.6 is 11.3 Å². The van der Waals surface area contributed by atoms with Gasteiger partial charge in [0.1, 0.15) is 5.01 Å². The van der Waals surface area contributed by atoms with Crippen molar-refractivity contribution >= 4 is 17.0 Å². The first-order chi connectivity index (χ1) is 7.78. The van der Waals surface area contributed by atoms with Crippen LogP contribution in [0.25, 0.3) is 0 Å². The van der Waals surface area contributed by atoms with Crippen molar-refractivity contribution in [2.24, 2.45) is 0 Å². The summed E-state index contributed by atoms with van der Waals surface area (Å²) >= 11 is 1.65. The number of thiazole rings is 1. The minimum Gasteiger partial charge on any atom is -0.394 e. The highest BCUT2D eigenvalue weighted by Crippen LogP contribution is 2.11. The zero-order valence-corrected chi connectivity index (χ0v) is 9.87. The smallest absolute Gasteiger partial charge is 0.112 e. The molecule has 0 unspecified atom stereocenters. The molecule has 0 fully saturated rings. The number of anilines is 1. The molecule has 2 N–H and O–H groups in total. The van der Waals surface area contributed by atoms with Gasteiger partial charge in [0.05, 0.1) is 31.6 Å². The van der Waals surface area contributed by atoms with Crippen LogP contribution in [0, 0.1) is 6.92 Å². The van der Waals surface area contributed by atoms with Gasteiger partial charge in [-0.1, -0.05) is 0 Å². The minimum absolute atomic E-state index is 0.104. The maximum Gasteiger partial charge on any atom is 0.112 e. The first-order valence-corrected chi connectivity index (χ1v) is 5.94. The summed E-state index contributed by atoms with van der Waals surface area (Å²) in [5.41, 5.74) is 2.00. The molecule has 0 aliphatic rings. The number of nitrogens with zero attached hydrogens (tertiary/aromatic N) is 3. The molecule has 6 heteroatoms. The Morgan fingerprint density at radius 2 is 2.44 bits per heavy atom. The predicted molar refractivity (Wildman–Crippen MR) is 63.5 cm³/mol. The van der Waals surface area contributed by atoms with Crippen LogP contribution in [0.2, 0.25) is 0 Å². The quantitative estimate of drug-likeness (QED) is 0.823. The SMILES string of the molecule is Cc1csc(CNc2cnn(CCO)c2)n1. The van der Waals surface area contributed by atoms with E-state index in [9.17, 15) is 0 Å². The van der Waals surface area contributed by atoms with Crippen molar-refractivity contribution in [2.45, 2.75) is 20.0 Å². The van der Waals surface area contributed by atoms with E-state index in [0.29, 0.717) is 13.1 Å². The fraction of sp³-hybridized carbons (Fsp3) is 0.400. The van der Waals surface area contributed by atoms with E-state index >= 15 is 0 Å². The molecule has 0 aliphatic heterocycles. The average Bonchev–Trinajstić information content (AvgIpc) is 2.85. The van der Waals surface area contributed by atoms with Gasteiger partial charge in [-0.25, -0.2) is 4.98 Å². The number of aliphatic hydroxyl groups excluding tert-OH is 1. The first kappa shape index (κ1) is 11.1. The highest BCUT2D eigenvalue weighted by molar-refractivity contribution is 7.09. The molecule has 0 saturated heterocycles. The standard InChI is InChI=1S/C10H14N4OS/c1-8-7-16-10(13-8)5-11-9-4-12-14(6-9)2-3-15/h4,6-7,11,15H,2-3,5H2,1H3. The third-order valence-corrected chi connectivity index (χ3v) is 3.04. The molecular weight excluding hydrogens is 224 g/mol. The molecule has 2 aromatic rings. The number of aryl methyl sites for hydroxylation is 1. The number of hydrogen-bond acceptors (Lipinski definition) is 5. The Balaban J connectivity index is 1.89. The number of nitrogens with one attached hydrogen (secondary N) is 1. The highest BCUT2D eigenvalue weighted by Gasteiger charge is 2.00. The van der Waals surface area contributed by atoms with E-state index in [1.165, 1.54) is 0 Å². The predicted octanol–water partition coefficient (Wildman–Crippen LogP) is 1.25. The van der Waals surface area contributed by atoms with Crippen LogP contribution in [0.15, 0.2) is 17.8 Å². The number of aliphatic hydroxyl groups is 1. The van der Waals surface area contributed by atoms with Crippen LogP contribution in [-0.4, -0.2) is 26.5 Å². The van der Waals surface area contributed by atoms with Gasteiger partial charge in [-0.3, -0.25) is 4.68 Å². The number of rotatable bonds is 5. The van der Waals surface area contributed by atoms with E-state index in [1.807, 2.05) is 18.5 Å². The van der Waals surface area contributed by atoms with Gasteiger partial charge in [-0.05, 0) is 6.92 Å². The largest absolute Gasteiger partial charge is 0.394 e. The van der Waals surface area contributed by atoms with E-state index in [1.54, 1.807) is 22.2 Å². The Hall–Kier alpha value is -1.40. The molecule has 0 aromatic carbocycles. The molecule has 0 saturated carbocycles. The fourth-order valence-corrected chi connectivity index (χ4v) is 2.05. The van der Waals surface area contributed by atoms with Crippen molar-refractivity contribution < 1.29 is 5.11 Å². The lowest BCUT2D eigenvalue weighted by Gasteiger charge is -1.99. The topological polar surface area (TPSA) is 63.0 Å². The van der Waals surface area contributed by atoms with Crippen LogP contribution in [0.5, 0.6) is 0 Å². The maximum atomic E-state index is 8.75.